The van der Waals surface area contributed by atoms with Crippen LogP contribution in [0, 0.1) is 18.3 Å². The summed E-state index contributed by atoms with van der Waals surface area (Å²) in [5.74, 6) is 1.05. The topological polar surface area (TPSA) is 73.5 Å². The minimum Gasteiger partial charge on any atom is -0.346 e. The number of nitrogens with zero attached hydrogens (tertiary/aromatic N) is 5. The van der Waals surface area contributed by atoms with Gasteiger partial charge in [-0.25, -0.2) is 9.29 Å². The van der Waals surface area contributed by atoms with Crippen LogP contribution in [0.3, 0.4) is 0 Å². The number of hydrogen-bond donors (Lipinski definition) is 1. The fraction of sp³-hybridized carbons (Fsp3) is 0.389. The van der Waals surface area contributed by atoms with Crippen LogP contribution in [0.4, 0.5) is 0 Å². The van der Waals surface area contributed by atoms with Gasteiger partial charge in [-0.15, -0.1) is 0 Å². The molecule has 25 heavy (non-hydrogen) atoms. The molecular weight excluding hydrogens is 332 g/mol. The van der Waals surface area contributed by atoms with E-state index >= 15 is 0 Å². The maximum Gasteiger partial charge on any atom is 0.137 e. The van der Waals surface area contributed by atoms with Crippen molar-refractivity contribution in [2.24, 2.45) is 0 Å². The van der Waals surface area contributed by atoms with Gasteiger partial charge in [-0.05, 0) is 18.6 Å². The number of aromatic amines is 1. The molecule has 3 aromatic rings. The van der Waals surface area contributed by atoms with Crippen molar-refractivity contribution in [1.29, 1.82) is 5.26 Å². The Morgan fingerprint density at radius 3 is 3.00 bits per heavy atom. The molecular formula is C18H20N6S. The summed E-state index contributed by atoms with van der Waals surface area (Å²) < 4.78 is 4.30. The highest BCUT2D eigenvalue weighted by Gasteiger charge is 2.45. The molecule has 3 aromatic heterocycles. The number of H-pyrrole nitrogens is 1. The van der Waals surface area contributed by atoms with Gasteiger partial charge in [0.2, 0.25) is 0 Å². The second-order valence-electron chi connectivity index (χ2n) is 6.50. The van der Waals surface area contributed by atoms with Gasteiger partial charge in [-0.3, -0.25) is 4.68 Å². The lowest BCUT2D eigenvalue weighted by Crippen LogP contribution is -2.60. The first-order chi connectivity index (χ1) is 12.2. The van der Waals surface area contributed by atoms with E-state index in [9.17, 15) is 5.26 Å². The molecule has 1 aliphatic rings. The van der Waals surface area contributed by atoms with Gasteiger partial charge in [0.05, 0.1) is 18.7 Å². The molecule has 0 amide bonds. The quantitative estimate of drug-likeness (QED) is 0.713. The summed E-state index contributed by atoms with van der Waals surface area (Å²) >= 11 is 1.82. The van der Waals surface area contributed by atoms with Crippen molar-refractivity contribution in [1.82, 2.24) is 24.1 Å². The highest BCUT2D eigenvalue weighted by molar-refractivity contribution is 7.97. The fourth-order valence-electron chi connectivity index (χ4n) is 3.57. The van der Waals surface area contributed by atoms with Crippen molar-refractivity contribution in [3.8, 4) is 17.2 Å². The van der Waals surface area contributed by atoms with Crippen molar-refractivity contribution < 1.29 is 0 Å². The molecule has 1 N–H and O–H groups in total. The van der Waals surface area contributed by atoms with Gasteiger partial charge < -0.3 is 4.98 Å². The molecule has 4 rings (SSSR count). The number of hydrogen-bond acceptors (Lipinski definition) is 5. The number of fused-ring (bicyclic) bond motifs is 1. The molecule has 0 radical (unpaired) electrons. The summed E-state index contributed by atoms with van der Waals surface area (Å²) in [4.78, 5) is 7.60. The fourth-order valence-corrected chi connectivity index (χ4v) is 4.60. The van der Waals surface area contributed by atoms with E-state index < -0.39 is 0 Å². The zero-order valence-corrected chi connectivity index (χ0v) is 15.2. The van der Waals surface area contributed by atoms with Gasteiger partial charge >= 0.3 is 0 Å². The van der Waals surface area contributed by atoms with E-state index in [1.807, 2.05) is 35.2 Å². The number of aromatic nitrogens is 4. The predicted octanol–water partition coefficient (Wildman–Crippen LogP) is 3.33. The Hall–Kier alpha value is -2.30. The molecule has 0 unspecified atom stereocenters. The third kappa shape index (κ3) is 2.62. The lowest BCUT2D eigenvalue weighted by Gasteiger charge is -2.48. The average Bonchev–Trinajstić information content (AvgIpc) is 3.22. The van der Waals surface area contributed by atoms with Crippen LogP contribution in [0.2, 0.25) is 0 Å². The zero-order chi connectivity index (χ0) is 17.4. The van der Waals surface area contributed by atoms with E-state index in [2.05, 4.69) is 51.6 Å². The molecule has 0 atom stereocenters. The average molecular weight is 352 g/mol. The highest BCUT2D eigenvalue weighted by Crippen LogP contribution is 2.38. The first-order valence-corrected chi connectivity index (χ1v) is 9.34. The van der Waals surface area contributed by atoms with Gasteiger partial charge in [-0.1, -0.05) is 18.9 Å². The molecule has 0 bridgehead atoms. The van der Waals surface area contributed by atoms with Crippen LogP contribution in [-0.4, -0.2) is 42.9 Å². The van der Waals surface area contributed by atoms with Gasteiger partial charge in [0.1, 0.15) is 11.2 Å². The van der Waals surface area contributed by atoms with E-state index in [1.165, 1.54) is 0 Å². The lowest BCUT2D eigenvalue weighted by atomic mass is 9.89. The van der Waals surface area contributed by atoms with Crippen LogP contribution in [0.25, 0.3) is 22.2 Å². The molecule has 1 aliphatic heterocycles. The van der Waals surface area contributed by atoms with Crippen LogP contribution >= 0.6 is 11.9 Å². The molecule has 0 spiro atoms. The molecule has 128 valence electrons. The second kappa shape index (κ2) is 6.21. The predicted molar refractivity (Wildman–Crippen MR) is 100.0 cm³/mol. The third-order valence-corrected chi connectivity index (χ3v) is 5.68. The van der Waals surface area contributed by atoms with Crippen molar-refractivity contribution in [3.05, 3.63) is 36.4 Å². The van der Waals surface area contributed by atoms with Crippen molar-refractivity contribution in [3.63, 3.8) is 0 Å². The third-order valence-electron chi connectivity index (χ3n) is 4.79. The lowest BCUT2D eigenvalue weighted by molar-refractivity contribution is 0.0812. The molecule has 0 aliphatic carbocycles. The Labute approximate surface area is 151 Å². The maximum atomic E-state index is 9.30. The Balaban J connectivity index is 1.71. The smallest absolute Gasteiger partial charge is 0.137 e. The normalized spacial score (nSPS) is 16.7. The van der Waals surface area contributed by atoms with Crippen molar-refractivity contribution in [2.75, 3.05) is 18.8 Å². The molecule has 1 saturated heterocycles. The minimum absolute atomic E-state index is 0.215. The summed E-state index contributed by atoms with van der Waals surface area (Å²) in [5.41, 5.74) is 4.02. The Morgan fingerprint density at radius 1 is 1.40 bits per heavy atom. The molecule has 6 nitrogen and oxygen atoms in total. The van der Waals surface area contributed by atoms with Crippen molar-refractivity contribution in [2.45, 2.75) is 25.8 Å². The number of nitrogens with one attached hydrogen (secondary N) is 1. The maximum absolute atomic E-state index is 9.30. The number of nitriles is 1. The molecule has 7 heteroatoms. The molecule has 1 fully saturated rings. The summed E-state index contributed by atoms with van der Waals surface area (Å²) in [6, 6.07) is 4.40. The Kier molecular flexibility index (Phi) is 4.02. The number of aryl methyl sites for hydroxylation is 1. The minimum atomic E-state index is -0.215. The van der Waals surface area contributed by atoms with Crippen molar-refractivity contribution >= 4 is 23.0 Å². The monoisotopic (exact) mass is 352 g/mol. The number of rotatable bonds is 5. The van der Waals surface area contributed by atoms with Gasteiger partial charge in [0, 0.05) is 53.9 Å². The van der Waals surface area contributed by atoms with E-state index in [1.54, 1.807) is 0 Å². The highest BCUT2D eigenvalue weighted by atomic mass is 32.2. The summed E-state index contributed by atoms with van der Waals surface area (Å²) in [6.07, 6.45) is 8.26. The number of pyridine rings is 1. The Morgan fingerprint density at radius 2 is 2.24 bits per heavy atom. The summed E-state index contributed by atoms with van der Waals surface area (Å²) in [7, 11) is 0. The zero-order valence-electron chi connectivity index (χ0n) is 14.4. The van der Waals surface area contributed by atoms with E-state index in [4.69, 9.17) is 0 Å². The molecule has 0 aromatic carbocycles. The molecule has 0 saturated carbocycles. The SMILES string of the molecule is CCSN1CC(CC#N)(n2cc(-c3c(C)cnc4[nH]ccc34)cn2)C1. The van der Waals surface area contributed by atoms with E-state index in [-0.39, 0.29) is 5.54 Å². The summed E-state index contributed by atoms with van der Waals surface area (Å²) in [6.45, 7) is 5.93. The van der Waals surface area contributed by atoms with Gasteiger partial charge in [-0.2, -0.15) is 10.4 Å². The van der Waals surface area contributed by atoms with Crippen LogP contribution in [0.1, 0.15) is 18.9 Å². The first kappa shape index (κ1) is 16.2. The van der Waals surface area contributed by atoms with Gasteiger partial charge in [0.25, 0.3) is 0 Å². The van der Waals surface area contributed by atoms with Crippen LogP contribution in [0.15, 0.2) is 30.9 Å². The molecule has 4 heterocycles. The Bertz CT molecular complexity index is 944. The standard InChI is InChI=1S/C18H20N6S/c1-3-25-23-11-18(12-23,5-6-19)24-10-14(9-22-24)16-13(2)8-21-17-15(16)4-7-20-17/h4,7-10H,3,5,11-12H2,1-2H3,(H,20,21). The second-order valence-corrected chi connectivity index (χ2v) is 7.86. The van der Waals surface area contributed by atoms with Crippen LogP contribution < -0.4 is 0 Å². The van der Waals surface area contributed by atoms with E-state index in [0.29, 0.717) is 6.42 Å². The van der Waals surface area contributed by atoms with E-state index in [0.717, 1.165) is 46.6 Å². The first-order valence-electron chi connectivity index (χ1n) is 8.40. The largest absolute Gasteiger partial charge is 0.346 e. The summed E-state index contributed by atoms with van der Waals surface area (Å²) in [5, 5.41) is 15.0. The van der Waals surface area contributed by atoms with Gasteiger partial charge in [0.15, 0.2) is 0 Å². The van der Waals surface area contributed by atoms with Crippen LogP contribution in [0.5, 0.6) is 0 Å². The van der Waals surface area contributed by atoms with Crippen LogP contribution in [-0.2, 0) is 5.54 Å².